The van der Waals surface area contributed by atoms with Crippen molar-refractivity contribution in [3.05, 3.63) is 29.3 Å². The topological polar surface area (TPSA) is 29.5 Å². The van der Waals surface area contributed by atoms with Crippen molar-refractivity contribution < 1.29 is 9.84 Å². The molecule has 1 N–H and O–H groups in total. The van der Waals surface area contributed by atoms with Gasteiger partial charge in [-0.1, -0.05) is 31.5 Å². The Kier molecular flexibility index (Phi) is 4.63. The fourth-order valence-corrected chi connectivity index (χ4v) is 1.52. The Balaban J connectivity index is 2.82. The Labute approximate surface area is 91.9 Å². The van der Waals surface area contributed by atoms with Gasteiger partial charge < -0.3 is 9.84 Å². The molecule has 84 valence electrons. The summed E-state index contributed by atoms with van der Waals surface area (Å²) in [4.78, 5) is 0. The maximum absolute atomic E-state index is 9.61. The van der Waals surface area contributed by atoms with E-state index in [1.807, 2.05) is 25.1 Å². The van der Waals surface area contributed by atoms with Gasteiger partial charge >= 0.3 is 0 Å². The molecule has 1 atom stereocenters. The summed E-state index contributed by atoms with van der Waals surface area (Å²) in [6, 6.07) is 5.87. The summed E-state index contributed by atoms with van der Waals surface area (Å²) >= 11 is 0. The van der Waals surface area contributed by atoms with Crippen molar-refractivity contribution in [3.63, 3.8) is 0 Å². The lowest BCUT2D eigenvalue weighted by molar-refractivity contribution is 0.190. The van der Waals surface area contributed by atoms with E-state index in [4.69, 9.17) is 4.74 Å². The third kappa shape index (κ3) is 3.24. The number of aliphatic hydroxyl groups is 1. The lowest BCUT2D eigenvalue weighted by Gasteiger charge is -2.15. The van der Waals surface area contributed by atoms with Crippen molar-refractivity contribution in [1.29, 1.82) is 0 Å². The van der Waals surface area contributed by atoms with E-state index in [9.17, 15) is 5.11 Å². The van der Waals surface area contributed by atoms with Crippen molar-refractivity contribution in [2.24, 2.45) is 0 Å². The molecular formula is C13H20O2. The van der Waals surface area contributed by atoms with Crippen LogP contribution in [-0.2, 0) is 0 Å². The molecule has 1 aromatic rings. The highest BCUT2D eigenvalue weighted by Crippen LogP contribution is 2.28. The molecule has 2 heteroatoms. The van der Waals surface area contributed by atoms with Crippen LogP contribution in [0.4, 0.5) is 0 Å². The monoisotopic (exact) mass is 208 g/mol. The summed E-state index contributed by atoms with van der Waals surface area (Å²) in [6.45, 7) is 6.63. The number of aliphatic hydroxyl groups excluding tert-OH is 1. The van der Waals surface area contributed by atoms with Crippen LogP contribution in [0.1, 0.15) is 43.9 Å². The van der Waals surface area contributed by atoms with Gasteiger partial charge in [-0.05, 0) is 25.8 Å². The number of ether oxygens (including phenoxy) is 1. The average molecular weight is 208 g/mol. The summed E-state index contributed by atoms with van der Waals surface area (Å²) in [5.41, 5.74) is 1.97. The van der Waals surface area contributed by atoms with Crippen LogP contribution >= 0.6 is 0 Å². The molecule has 0 radical (unpaired) electrons. The molecule has 0 aliphatic heterocycles. The second kappa shape index (κ2) is 5.76. The van der Waals surface area contributed by atoms with Crippen LogP contribution in [-0.4, -0.2) is 11.7 Å². The molecule has 15 heavy (non-hydrogen) atoms. The van der Waals surface area contributed by atoms with E-state index in [-0.39, 0.29) is 0 Å². The van der Waals surface area contributed by atoms with Gasteiger partial charge in [-0.25, -0.2) is 0 Å². The highest BCUT2D eigenvalue weighted by atomic mass is 16.5. The van der Waals surface area contributed by atoms with Crippen LogP contribution in [0.15, 0.2) is 18.2 Å². The molecule has 2 nitrogen and oxygen atoms in total. The molecule has 1 unspecified atom stereocenters. The Hall–Kier alpha value is -1.02. The average Bonchev–Trinajstić information content (AvgIpc) is 2.20. The van der Waals surface area contributed by atoms with Gasteiger partial charge in [0.2, 0.25) is 0 Å². The largest absolute Gasteiger partial charge is 0.493 e. The van der Waals surface area contributed by atoms with Gasteiger partial charge in [-0.2, -0.15) is 0 Å². The normalized spacial score (nSPS) is 12.5. The van der Waals surface area contributed by atoms with Gasteiger partial charge in [-0.3, -0.25) is 0 Å². The van der Waals surface area contributed by atoms with Crippen LogP contribution in [0.5, 0.6) is 5.75 Å². The van der Waals surface area contributed by atoms with E-state index >= 15 is 0 Å². The molecular weight excluding hydrogens is 188 g/mol. The molecule has 0 aliphatic carbocycles. The van der Waals surface area contributed by atoms with Crippen molar-refractivity contribution in [2.45, 2.75) is 39.7 Å². The Bertz CT molecular complexity index is 305. The number of para-hydroxylation sites is 1. The van der Waals surface area contributed by atoms with E-state index in [0.29, 0.717) is 0 Å². The molecule has 0 spiro atoms. The first-order chi connectivity index (χ1) is 7.16. The molecule has 0 heterocycles. The quantitative estimate of drug-likeness (QED) is 0.753. The van der Waals surface area contributed by atoms with Crippen molar-refractivity contribution in [2.75, 3.05) is 6.61 Å². The molecule has 0 saturated heterocycles. The summed E-state index contributed by atoms with van der Waals surface area (Å²) in [6.07, 6.45) is 1.70. The van der Waals surface area contributed by atoms with Crippen LogP contribution in [0.25, 0.3) is 0 Å². The molecule has 1 rings (SSSR count). The van der Waals surface area contributed by atoms with E-state index in [1.165, 1.54) is 0 Å². The zero-order chi connectivity index (χ0) is 11.3. The standard InChI is InChI=1S/C13H20O2/c1-4-5-9-15-13-10(2)7-6-8-12(13)11(3)14/h6-8,11,14H,4-5,9H2,1-3H3. The summed E-state index contributed by atoms with van der Waals surface area (Å²) in [7, 11) is 0. The Morgan fingerprint density at radius 3 is 2.73 bits per heavy atom. The van der Waals surface area contributed by atoms with Crippen molar-refractivity contribution >= 4 is 0 Å². The minimum atomic E-state index is -0.471. The molecule has 0 bridgehead atoms. The highest BCUT2D eigenvalue weighted by molar-refractivity contribution is 5.41. The van der Waals surface area contributed by atoms with Crippen LogP contribution < -0.4 is 4.74 Å². The zero-order valence-electron chi connectivity index (χ0n) is 9.79. The van der Waals surface area contributed by atoms with Crippen LogP contribution in [0.3, 0.4) is 0 Å². The number of unbranched alkanes of at least 4 members (excludes halogenated alkanes) is 1. The summed E-state index contributed by atoms with van der Waals surface area (Å²) in [5.74, 6) is 0.848. The van der Waals surface area contributed by atoms with Gasteiger partial charge in [0.05, 0.1) is 12.7 Å². The number of hydrogen-bond acceptors (Lipinski definition) is 2. The lowest BCUT2D eigenvalue weighted by Crippen LogP contribution is -2.03. The number of rotatable bonds is 5. The second-order valence-corrected chi connectivity index (χ2v) is 3.87. The van der Waals surface area contributed by atoms with E-state index in [0.717, 1.165) is 36.3 Å². The smallest absolute Gasteiger partial charge is 0.127 e. The lowest BCUT2D eigenvalue weighted by atomic mass is 10.1. The summed E-state index contributed by atoms with van der Waals surface area (Å²) in [5, 5.41) is 9.61. The molecule has 1 aromatic carbocycles. The maximum atomic E-state index is 9.61. The van der Waals surface area contributed by atoms with E-state index < -0.39 is 6.10 Å². The van der Waals surface area contributed by atoms with Crippen molar-refractivity contribution in [1.82, 2.24) is 0 Å². The van der Waals surface area contributed by atoms with Crippen LogP contribution in [0.2, 0.25) is 0 Å². The molecule has 0 amide bonds. The first-order valence-electron chi connectivity index (χ1n) is 5.57. The number of hydrogen-bond donors (Lipinski definition) is 1. The SMILES string of the molecule is CCCCOc1c(C)cccc1C(C)O. The first kappa shape index (κ1) is 12.1. The van der Waals surface area contributed by atoms with E-state index in [2.05, 4.69) is 6.92 Å². The van der Waals surface area contributed by atoms with Gasteiger partial charge in [0.15, 0.2) is 0 Å². The van der Waals surface area contributed by atoms with Gasteiger partial charge in [-0.15, -0.1) is 0 Å². The fraction of sp³-hybridized carbons (Fsp3) is 0.538. The molecule has 0 fully saturated rings. The van der Waals surface area contributed by atoms with Gasteiger partial charge in [0.25, 0.3) is 0 Å². The maximum Gasteiger partial charge on any atom is 0.127 e. The number of benzene rings is 1. The first-order valence-corrected chi connectivity index (χ1v) is 5.57. The van der Waals surface area contributed by atoms with Crippen molar-refractivity contribution in [3.8, 4) is 5.75 Å². The fourth-order valence-electron chi connectivity index (χ4n) is 1.52. The van der Waals surface area contributed by atoms with Crippen LogP contribution in [0, 0.1) is 6.92 Å². The third-order valence-corrected chi connectivity index (χ3v) is 2.44. The Morgan fingerprint density at radius 1 is 1.40 bits per heavy atom. The summed E-state index contributed by atoms with van der Waals surface area (Å²) < 4.78 is 5.71. The van der Waals surface area contributed by atoms with E-state index in [1.54, 1.807) is 6.92 Å². The molecule has 0 saturated carbocycles. The van der Waals surface area contributed by atoms with Gasteiger partial charge in [0.1, 0.15) is 5.75 Å². The number of aryl methyl sites for hydroxylation is 1. The zero-order valence-corrected chi connectivity index (χ0v) is 9.79. The second-order valence-electron chi connectivity index (χ2n) is 3.87. The minimum absolute atomic E-state index is 0.471. The highest BCUT2D eigenvalue weighted by Gasteiger charge is 2.10. The predicted octanol–water partition coefficient (Wildman–Crippen LogP) is 3.23. The predicted molar refractivity (Wildman–Crippen MR) is 62.2 cm³/mol. The third-order valence-electron chi connectivity index (χ3n) is 2.44. The minimum Gasteiger partial charge on any atom is -0.493 e. The Morgan fingerprint density at radius 2 is 2.13 bits per heavy atom. The van der Waals surface area contributed by atoms with Gasteiger partial charge in [0, 0.05) is 5.56 Å². The molecule has 0 aliphatic rings. The molecule has 0 aromatic heterocycles.